The largest absolute Gasteiger partial charge is 0.473 e. The summed E-state index contributed by atoms with van der Waals surface area (Å²) in [7, 11) is 0. The Morgan fingerprint density at radius 3 is 2.50 bits per heavy atom. The van der Waals surface area contributed by atoms with Crippen LogP contribution in [-0.2, 0) is 4.79 Å². The lowest BCUT2D eigenvalue weighted by Gasteiger charge is -2.34. The highest BCUT2D eigenvalue weighted by molar-refractivity contribution is 5.92. The van der Waals surface area contributed by atoms with Crippen LogP contribution in [0.3, 0.4) is 0 Å². The van der Waals surface area contributed by atoms with Gasteiger partial charge in [0.1, 0.15) is 5.75 Å². The van der Waals surface area contributed by atoms with E-state index in [1.807, 2.05) is 67.6 Å². The topological polar surface area (TPSA) is 50.4 Å². The summed E-state index contributed by atoms with van der Waals surface area (Å²) < 4.78 is 5.96. The number of fused-ring (bicyclic) bond motifs is 1. The number of hydrogen-bond donors (Lipinski definition) is 2. The molecule has 112 valence electrons. The van der Waals surface area contributed by atoms with E-state index in [1.54, 1.807) is 6.92 Å². The molecule has 0 saturated heterocycles. The Bertz CT molecular complexity index is 725. The summed E-state index contributed by atoms with van der Waals surface area (Å²) in [6, 6.07) is 17.2. The van der Waals surface area contributed by atoms with E-state index in [0.717, 1.165) is 16.8 Å². The Morgan fingerprint density at radius 2 is 1.73 bits per heavy atom. The van der Waals surface area contributed by atoms with Crippen molar-refractivity contribution in [2.45, 2.75) is 19.4 Å². The van der Waals surface area contributed by atoms with Crippen molar-refractivity contribution >= 4 is 17.7 Å². The highest BCUT2D eigenvalue weighted by atomic mass is 16.5. The molecule has 0 saturated carbocycles. The molecule has 22 heavy (non-hydrogen) atoms. The summed E-state index contributed by atoms with van der Waals surface area (Å²) >= 11 is 0. The van der Waals surface area contributed by atoms with E-state index in [0.29, 0.717) is 5.75 Å². The molecule has 0 bridgehead atoms. The van der Waals surface area contributed by atoms with Crippen LogP contribution in [0.2, 0.25) is 0 Å². The van der Waals surface area contributed by atoms with Crippen LogP contribution in [0.5, 0.6) is 5.75 Å². The molecule has 0 aliphatic carbocycles. The van der Waals surface area contributed by atoms with Crippen molar-refractivity contribution in [2.75, 3.05) is 5.43 Å². The zero-order chi connectivity index (χ0) is 15.6. The smallest absolute Gasteiger partial charge is 0.286 e. The predicted molar refractivity (Wildman–Crippen MR) is 87.3 cm³/mol. The van der Waals surface area contributed by atoms with Gasteiger partial charge < -0.3 is 4.74 Å². The van der Waals surface area contributed by atoms with Crippen LogP contribution in [-0.4, -0.2) is 11.5 Å². The van der Waals surface area contributed by atoms with Gasteiger partial charge in [-0.1, -0.05) is 36.4 Å². The lowest BCUT2D eigenvalue weighted by atomic mass is 9.91. The molecule has 0 spiro atoms. The molecule has 4 nitrogen and oxygen atoms in total. The molecule has 1 heterocycles. The zero-order valence-corrected chi connectivity index (χ0v) is 12.6. The van der Waals surface area contributed by atoms with Crippen LogP contribution in [0.1, 0.15) is 19.4 Å². The van der Waals surface area contributed by atoms with Crippen molar-refractivity contribution in [3.63, 3.8) is 0 Å². The maximum atomic E-state index is 12.6. The fraction of sp³-hybridized carbons (Fsp3) is 0.167. The molecule has 4 heteroatoms. The molecule has 2 aromatic carbocycles. The first-order chi connectivity index (χ1) is 10.6. The van der Waals surface area contributed by atoms with Crippen LogP contribution >= 0.6 is 0 Å². The van der Waals surface area contributed by atoms with E-state index in [2.05, 4.69) is 10.9 Å². The Labute approximate surface area is 129 Å². The summed E-state index contributed by atoms with van der Waals surface area (Å²) in [5, 5.41) is 0. The monoisotopic (exact) mass is 294 g/mol. The first-order valence-electron chi connectivity index (χ1n) is 7.18. The third kappa shape index (κ3) is 2.55. The maximum absolute atomic E-state index is 12.6. The minimum absolute atomic E-state index is 0.236. The van der Waals surface area contributed by atoms with Gasteiger partial charge >= 0.3 is 0 Å². The van der Waals surface area contributed by atoms with E-state index in [9.17, 15) is 4.79 Å². The quantitative estimate of drug-likeness (QED) is 0.853. The number of benzene rings is 2. The number of anilines is 1. The number of hydrogen-bond acceptors (Lipinski definition) is 3. The molecule has 1 unspecified atom stereocenters. The van der Waals surface area contributed by atoms with E-state index < -0.39 is 5.60 Å². The lowest BCUT2D eigenvalue weighted by molar-refractivity contribution is -0.132. The zero-order valence-electron chi connectivity index (χ0n) is 12.6. The number of rotatable bonds is 3. The van der Waals surface area contributed by atoms with Crippen molar-refractivity contribution in [1.29, 1.82) is 0 Å². The Hall–Kier alpha value is -2.75. The number of ether oxygens (including phenoxy) is 1. The summed E-state index contributed by atoms with van der Waals surface area (Å²) in [6.45, 7) is 3.68. The molecule has 1 amide bonds. The molecule has 0 radical (unpaired) electrons. The van der Waals surface area contributed by atoms with Gasteiger partial charge in [0.15, 0.2) is 0 Å². The van der Waals surface area contributed by atoms with E-state index >= 15 is 0 Å². The highest BCUT2D eigenvalue weighted by Crippen LogP contribution is 2.35. The minimum Gasteiger partial charge on any atom is -0.473 e. The highest BCUT2D eigenvalue weighted by Gasteiger charge is 2.40. The lowest BCUT2D eigenvalue weighted by Crippen LogP contribution is -2.52. The van der Waals surface area contributed by atoms with Crippen molar-refractivity contribution in [2.24, 2.45) is 0 Å². The van der Waals surface area contributed by atoms with Gasteiger partial charge in [-0.15, -0.1) is 0 Å². The third-order valence-electron chi connectivity index (χ3n) is 3.89. The van der Waals surface area contributed by atoms with Crippen molar-refractivity contribution in [3.8, 4) is 5.75 Å². The number of para-hydroxylation sites is 2. The van der Waals surface area contributed by atoms with Crippen LogP contribution < -0.4 is 15.6 Å². The average molecular weight is 294 g/mol. The molecule has 2 aromatic rings. The summed E-state index contributed by atoms with van der Waals surface area (Å²) in [4.78, 5) is 12.6. The van der Waals surface area contributed by atoms with E-state index in [1.165, 1.54) is 0 Å². The fourth-order valence-electron chi connectivity index (χ4n) is 2.36. The molecular formula is C18H18N2O2. The van der Waals surface area contributed by atoms with Crippen LogP contribution in [0.25, 0.3) is 6.08 Å². The molecule has 1 aliphatic rings. The van der Waals surface area contributed by atoms with Crippen LogP contribution in [0.15, 0.2) is 60.2 Å². The van der Waals surface area contributed by atoms with Crippen LogP contribution in [0, 0.1) is 0 Å². The SMILES string of the molecule is CC1=Cc2ccccc2OC1(C)C(=O)NNc1ccccc1. The fourth-order valence-corrected chi connectivity index (χ4v) is 2.36. The van der Waals surface area contributed by atoms with Gasteiger partial charge in [-0.05, 0) is 43.7 Å². The van der Waals surface area contributed by atoms with Gasteiger partial charge in [0.05, 0.1) is 5.69 Å². The number of carbonyl (C=O) groups is 1. The molecule has 1 atom stereocenters. The predicted octanol–water partition coefficient (Wildman–Crippen LogP) is 3.38. The van der Waals surface area contributed by atoms with Gasteiger partial charge in [-0.3, -0.25) is 15.6 Å². The average Bonchev–Trinajstić information content (AvgIpc) is 2.54. The van der Waals surface area contributed by atoms with E-state index in [-0.39, 0.29) is 5.91 Å². The number of hydrazine groups is 1. The summed E-state index contributed by atoms with van der Waals surface area (Å²) in [5.41, 5.74) is 7.25. The van der Waals surface area contributed by atoms with Gasteiger partial charge in [-0.25, -0.2) is 0 Å². The minimum atomic E-state index is -1.03. The van der Waals surface area contributed by atoms with Crippen molar-refractivity contribution < 1.29 is 9.53 Å². The van der Waals surface area contributed by atoms with Crippen LogP contribution in [0.4, 0.5) is 5.69 Å². The first kappa shape index (κ1) is 14.2. The van der Waals surface area contributed by atoms with Gasteiger partial charge in [0.2, 0.25) is 5.60 Å². The van der Waals surface area contributed by atoms with Gasteiger partial charge in [-0.2, -0.15) is 0 Å². The Balaban J connectivity index is 1.77. The summed E-state index contributed by atoms with van der Waals surface area (Å²) in [6.07, 6.45) is 1.99. The number of carbonyl (C=O) groups excluding carboxylic acids is 1. The molecule has 0 fully saturated rings. The normalized spacial score (nSPS) is 19.5. The standard InChI is InChI=1S/C18H18N2O2/c1-13-12-14-8-6-7-11-16(14)22-18(13,2)17(21)20-19-15-9-4-3-5-10-15/h3-12,19H,1-2H3,(H,20,21). The Kier molecular flexibility index (Phi) is 3.59. The second-order valence-electron chi connectivity index (χ2n) is 5.45. The third-order valence-corrected chi connectivity index (χ3v) is 3.89. The number of amides is 1. The Morgan fingerprint density at radius 1 is 1.05 bits per heavy atom. The molecule has 2 N–H and O–H groups in total. The summed E-state index contributed by atoms with van der Waals surface area (Å²) in [5.74, 6) is 0.477. The maximum Gasteiger partial charge on any atom is 0.286 e. The second-order valence-corrected chi connectivity index (χ2v) is 5.45. The van der Waals surface area contributed by atoms with Crippen molar-refractivity contribution in [1.82, 2.24) is 5.43 Å². The second kappa shape index (κ2) is 5.56. The molecule has 1 aliphatic heterocycles. The van der Waals surface area contributed by atoms with Gasteiger partial charge in [0.25, 0.3) is 5.91 Å². The molecule has 0 aromatic heterocycles. The van der Waals surface area contributed by atoms with E-state index in [4.69, 9.17) is 4.74 Å². The number of nitrogens with one attached hydrogen (secondary N) is 2. The first-order valence-corrected chi connectivity index (χ1v) is 7.18. The molecular weight excluding hydrogens is 276 g/mol. The molecule has 3 rings (SSSR count). The van der Waals surface area contributed by atoms with Crippen molar-refractivity contribution in [3.05, 3.63) is 65.7 Å². The van der Waals surface area contributed by atoms with Gasteiger partial charge in [0, 0.05) is 5.56 Å².